The zero-order valence-corrected chi connectivity index (χ0v) is 37.0. The first-order valence-corrected chi connectivity index (χ1v) is 23.0. The molecule has 4 aliphatic heterocycles. The Balaban J connectivity index is 0.799. The van der Waals surface area contributed by atoms with Crippen LogP contribution >= 0.6 is 0 Å². The van der Waals surface area contributed by atoms with Crippen LogP contribution in [0.5, 0.6) is 0 Å². The lowest BCUT2D eigenvalue weighted by molar-refractivity contribution is -0.140. The third kappa shape index (κ3) is 10.5. The van der Waals surface area contributed by atoms with Gasteiger partial charge < -0.3 is 31.3 Å². The van der Waals surface area contributed by atoms with Gasteiger partial charge in [0, 0.05) is 64.5 Å². The molecule has 65 heavy (non-hydrogen) atoms. The van der Waals surface area contributed by atoms with Gasteiger partial charge in [-0.3, -0.25) is 43.4 Å². The second-order valence-electron chi connectivity index (χ2n) is 17.8. The van der Waals surface area contributed by atoms with Crippen molar-refractivity contribution in [3.63, 3.8) is 0 Å². The van der Waals surface area contributed by atoms with Gasteiger partial charge in [-0.15, -0.1) is 0 Å². The molecule has 0 aliphatic carbocycles. The highest BCUT2D eigenvalue weighted by Crippen LogP contribution is 2.32. The van der Waals surface area contributed by atoms with Gasteiger partial charge in [-0.1, -0.05) is 24.3 Å². The summed E-state index contributed by atoms with van der Waals surface area (Å²) in [5, 5.41) is 17.2. The molecule has 2 aromatic carbocycles. The Bertz CT molecular complexity index is 2450. The number of nitrogens with zero attached hydrogens (tertiary/aromatic N) is 8. The number of imidazole rings is 1. The highest BCUT2D eigenvalue weighted by atomic mass is 16.4. The molecule has 4 saturated heterocycles. The fourth-order valence-electron chi connectivity index (χ4n) is 9.87. The fraction of sp³-hybridized carbons (Fsp3) is 0.522. The molecule has 4 aromatic rings. The maximum atomic E-state index is 13.5. The van der Waals surface area contributed by atoms with Crippen LogP contribution in [0.4, 0.5) is 22.1 Å². The van der Waals surface area contributed by atoms with Crippen molar-refractivity contribution in [1.82, 2.24) is 44.4 Å². The molecular formula is C46H60N12O7. The standard InChI is InChI=1S/C46H60N12O7/c1-53-41-32(9-7-10-35(41)58(46(53)65)36-15-16-38(59)52-44(36)62)8-3-6-20-54(25-19-48-45(63)64)29-39(60)57-27-34(28-57)55-23-17-31(18-24-55)30-11-13-33(14-12-30)50-43-40(42(47)61)49-26-37(51-43)56-21-4-2-5-22-56/h7,9-14,26,31,34,36,48H,2-6,8,15-25,27-29H2,1H3,(H2,47,61)(H,50,51)(H,63,64)(H,52,59,62). The minimum atomic E-state index is -1.11. The second-order valence-corrected chi connectivity index (χ2v) is 17.8. The molecule has 1 atom stereocenters. The smallest absolute Gasteiger partial charge is 0.404 e. The van der Waals surface area contributed by atoms with Crippen molar-refractivity contribution in [3.05, 3.63) is 76.0 Å². The number of imide groups is 1. The molecular weight excluding hydrogens is 833 g/mol. The van der Waals surface area contributed by atoms with Gasteiger partial charge in [0.25, 0.3) is 5.91 Å². The molecule has 0 radical (unpaired) electrons. The van der Waals surface area contributed by atoms with Crippen molar-refractivity contribution in [2.45, 2.75) is 82.2 Å². The van der Waals surface area contributed by atoms with Crippen molar-refractivity contribution in [2.24, 2.45) is 12.8 Å². The van der Waals surface area contributed by atoms with E-state index in [0.29, 0.717) is 55.9 Å². The Kier molecular flexibility index (Phi) is 14.1. The number of primary amides is 1. The maximum Gasteiger partial charge on any atom is 0.404 e. The van der Waals surface area contributed by atoms with Crippen LogP contribution in [0.15, 0.2) is 53.5 Å². The molecule has 6 N–H and O–H groups in total. The number of nitrogens with two attached hydrogens (primary N) is 1. The fourth-order valence-corrected chi connectivity index (χ4v) is 9.87. The summed E-state index contributed by atoms with van der Waals surface area (Å²) in [6.45, 7) is 6.42. The molecule has 4 aliphatic rings. The second kappa shape index (κ2) is 20.2. The van der Waals surface area contributed by atoms with Crippen LogP contribution in [-0.4, -0.2) is 140 Å². The summed E-state index contributed by atoms with van der Waals surface area (Å²) in [4.78, 5) is 92.4. The van der Waals surface area contributed by atoms with Gasteiger partial charge in [0.2, 0.25) is 17.7 Å². The van der Waals surface area contributed by atoms with Gasteiger partial charge >= 0.3 is 11.8 Å². The number of nitrogens with one attached hydrogen (secondary N) is 3. The van der Waals surface area contributed by atoms with E-state index in [1.807, 2.05) is 40.1 Å². The molecule has 4 fully saturated rings. The molecule has 5 amide bonds. The van der Waals surface area contributed by atoms with Gasteiger partial charge in [0.15, 0.2) is 11.5 Å². The van der Waals surface area contributed by atoms with Gasteiger partial charge in [-0.25, -0.2) is 19.6 Å². The number of fused-ring (bicyclic) bond motifs is 1. The van der Waals surface area contributed by atoms with E-state index >= 15 is 0 Å². The zero-order chi connectivity index (χ0) is 45.6. The highest BCUT2D eigenvalue weighted by Gasteiger charge is 2.37. The van der Waals surface area contributed by atoms with E-state index in [4.69, 9.17) is 10.7 Å². The third-order valence-electron chi connectivity index (χ3n) is 13.5. The number of para-hydroxylation sites is 1. The average molecular weight is 893 g/mol. The Morgan fingerprint density at radius 3 is 2.40 bits per heavy atom. The maximum absolute atomic E-state index is 13.5. The molecule has 0 spiro atoms. The highest BCUT2D eigenvalue weighted by molar-refractivity contribution is 6.00. The first kappa shape index (κ1) is 45.2. The minimum absolute atomic E-state index is 0.0295. The monoisotopic (exact) mass is 892 g/mol. The number of carbonyl (C=O) groups excluding carboxylic acids is 4. The number of anilines is 3. The summed E-state index contributed by atoms with van der Waals surface area (Å²) >= 11 is 0. The van der Waals surface area contributed by atoms with Crippen LogP contribution in [0.3, 0.4) is 0 Å². The average Bonchev–Trinajstić information content (AvgIpc) is 3.53. The van der Waals surface area contributed by atoms with Crippen LogP contribution in [0, 0.1) is 0 Å². The predicted molar refractivity (Wildman–Crippen MR) is 244 cm³/mol. The summed E-state index contributed by atoms with van der Waals surface area (Å²) in [5.74, 6) is 0.0962. The van der Waals surface area contributed by atoms with Crippen LogP contribution < -0.4 is 32.3 Å². The van der Waals surface area contributed by atoms with E-state index in [-0.39, 0.29) is 49.1 Å². The van der Waals surface area contributed by atoms with Gasteiger partial charge in [0.05, 0.1) is 23.8 Å². The number of hydrogen-bond donors (Lipinski definition) is 5. The summed E-state index contributed by atoms with van der Waals surface area (Å²) in [6.07, 6.45) is 8.53. The van der Waals surface area contributed by atoms with Gasteiger partial charge in [-0.2, -0.15) is 0 Å². The van der Waals surface area contributed by atoms with E-state index in [2.05, 4.69) is 42.9 Å². The molecule has 19 heteroatoms. The Morgan fingerprint density at radius 1 is 0.938 bits per heavy atom. The number of rotatable bonds is 17. The molecule has 0 saturated carbocycles. The molecule has 8 rings (SSSR count). The van der Waals surface area contributed by atoms with E-state index in [9.17, 15) is 33.9 Å². The van der Waals surface area contributed by atoms with E-state index < -0.39 is 23.9 Å². The quantitative estimate of drug-likeness (QED) is 0.0759. The zero-order valence-electron chi connectivity index (χ0n) is 37.0. The number of aromatic nitrogens is 4. The van der Waals surface area contributed by atoms with E-state index in [1.54, 1.807) is 17.8 Å². The lowest BCUT2D eigenvalue weighted by Crippen LogP contribution is -2.63. The molecule has 19 nitrogen and oxygen atoms in total. The number of carboxylic acid groups (broad SMARTS) is 1. The number of piperidine rings is 3. The number of likely N-dealkylation sites (tertiary alicyclic amines) is 2. The SMILES string of the molecule is Cn1c(=O)n(C2CCC(=O)NC2=O)c2cccc(CCCCN(CCNC(=O)O)CC(=O)N3CC(N4CCC(c5ccc(Nc6nc(N7CCCCC7)cnc6C(N)=O)cc5)CC4)C3)c21. The Labute approximate surface area is 377 Å². The van der Waals surface area contributed by atoms with Crippen molar-refractivity contribution >= 4 is 58.1 Å². The number of carbonyl (C=O) groups is 5. The lowest BCUT2D eigenvalue weighted by atomic mass is 9.88. The van der Waals surface area contributed by atoms with Crippen molar-refractivity contribution in [2.75, 3.05) is 75.7 Å². The topological polar surface area (TPSA) is 233 Å². The number of hydrogen-bond acceptors (Lipinski definition) is 12. The normalized spacial score (nSPS) is 18.8. The van der Waals surface area contributed by atoms with Gasteiger partial charge in [-0.05, 0) is 113 Å². The lowest BCUT2D eigenvalue weighted by Gasteiger charge is -2.48. The number of unbranched alkanes of at least 4 members (excludes halogenated alkanes) is 1. The van der Waals surface area contributed by atoms with Crippen LogP contribution in [0.2, 0.25) is 0 Å². The first-order valence-electron chi connectivity index (χ1n) is 23.0. The van der Waals surface area contributed by atoms with Crippen LogP contribution in [-0.2, 0) is 27.9 Å². The van der Waals surface area contributed by atoms with Crippen molar-refractivity contribution < 1.29 is 29.1 Å². The predicted octanol–water partition coefficient (Wildman–Crippen LogP) is 2.92. The molecule has 6 heterocycles. The van der Waals surface area contributed by atoms with Crippen molar-refractivity contribution in [3.8, 4) is 0 Å². The molecule has 1 unspecified atom stereocenters. The van der Waals surface area contributed by atoms with E-state index in [0.717, 1.165) is 87.3 Å². The van der Waals surface area contributed by atoms with Crippen molar-refractivity contribution in [1.29, 1.82) is 0 Å². The molecule has 0 bridgehead atoms. The number of benzene rings is 2. The minimum Gasteiger partial charge on any atom is -0.465 e. The largest absolute Gasteiger partial charge is 0.465 e. The van der Waals surface area contributed by atoms with Gasteiger partial charge in [0.1, 0.15) is 11.9 Å². The third-order valence-corrected chi connectivity index (χ3v) is 13.5. The Morgan fingerprint density at radius 2 is 1.69 bits per heavy atom. The van der Waals surface area contributed by atoms with Crippen LogP contribution in [0.1, 0.15) is 91.4 Å². The first-order chi connectivity index (χ1) is 31.4. The summed E-state index contributed by atoms with van der Waals surface area (Å²) in [5.41, 5.74) is 9.88. The van der Waals surface area contributed by atoms with Crippen LogP contribution in [0.25, 0.3) is 11.0 Å². The van der Waals surface area contributed by atoms with E-state index in [1.165, 1.54) is 16.6 Å². The molecule has 346 valence electrons. The molecule has 2 aromatic heterocycles. The number of aryl methyl sites for hydroxylation is 2. The summed E-state index contributed by atoms with van der Waals surface area (Å²) in [6, 6.07) is 13.5. The summed E-state index contributed by atoms with van der Waals surface area (Å²) < 4.78 is 3.05. The Hall–Kier alpha value is -6.34. The number of amides is 5. The summed E-state index contributed by atoms with van der Waals surface area (Å²) in [7, 11) is 1.69.